The summed E-state index contributed by atoms with van der Waals surface area (Å²) in [6, 6.07) is 4.66. The minimum Gasteiger partial charge on any atom is -0.313 e. The van der Waals surface area contributed by atoms with Crippen molar-refractivity contribution in [1.29, 1.82) is 0 Å². The predicted molar refractivity (Wildman–Crippen MR) is 51.1 cm³/mol. The van der Waals surface area contributed by atoms with Crippen molar-refractivity contribution >= 4 is 0 Å². The summed E-state index contributed by atoms with van der Waals surface area (Å²) in [7, 11) is 1.99. The molecule has 2 heteroatoms. The molecule has 1 rings (SSSR count). The lowest BCUT2D eigenvalue weighted by Gasteiger charge is -2.13. The molecule has 12 heavy (non-hydrogen) atoms. The molecule has 0 aliphatic carbocycles. The molecule has 1 N–H and O–H groups in total. The maximum Gasteiger partial charge on any atom is 0.0375 e. The van der Waals surface area contributed by atoms with Crippen molar-refractivity contribution < 1.29 is 0 Å². The van der Waals surface area contributed by atoms with Gasteiger partial charge in [0.2, 0.25) is 0 Å². The molecule has 1 aromatic heterocycles. The Morgan fingerprint density at radius 2 is 2.33 bits per heavy atom. The molecule has 0 bridgehead atoms. The Morgan fingerprint density at radius 3 is 2.83 bits per heavy atom. The Kier molecular flexibility index (Phi) is 3.23. The summed E-state index contributed by atoms with van der Waals surface area (Å²) in [5.74, 6) is 0. The van der Waals surface area contributed by atoms with Crippen molar-refractivity contribution in [3.8, 4) is 0 Å². The van der Waals surface area contributed by atoms with Crippen LogP contribution in [0, 0.1) is 6.92 Å². The molecule has 0 spiro atoms. The summed E-state index contributed by atoms with van der Waals surface area (Å²) in [6.45, 7) is 4.20. The Labute approximate surface area is 74.0 Å². The molecule has 0 aromatic carbocycles. The first-order valence-electron chi connectivity index (χ1n) is 4.37. The Morgan fingerprint density at radius 1 is 1.58 bits per heavy atom. The molecule has 66 valence electrons. The van der Waals surface area contributed by atoms with Crippen LogP contribution < -0.4 is 5.32 Å². The number of aromatic nitrogens is 1. The van der Waals surface area contributed by atoms with E-state index >= 15 is 0 Å². The zero-order valence-corrected chi connectivity index (χ0v) is 7.96. The summed E-state index contributed by atoms with van der Waals surface area (Å²) in [5.41, 5.74) is 2.41. The fraction of sp³-hybridized carbons (Fsp3) is 0.500. The smallest absolute Gasteiger partial charge is 0.0375 e. The van der Waals surface area contributed by atoms with E-state index in [2.05, 4.69) is 29.4 Å². The highest BCUT2D eigenvalue weighted by atomic mass is 14.9. The number of aryl methyl sites for hydroxylation is 1. The van der Waals surface area contributed by atoms with Crippen molar-refractivity contribution in [2.24, 2.45) is 0 Å². The Bertz CT molecular complexity index is 241. The molecule has 0 fully saturated rings. The number of nitrogens with zero attached hydrogens (tertiary/aromatic N) is 1. The Balaban J connectivity index is 2.85. The van der Waals surface area contributed by atoms with Gasteiger partial charge in [-0.25, -0.2) is 0 Å². The molecular formula is C10H16N2. The molecule has 0 amide bonds. The van der Waals surface area contributed by atoms with Crippen LogP contribution in [-0.4, -0.2) is 12.0 Å². The molecule has 2 nitrogen and oxygen atoms in total. The molecule has 1 unspecified atom stereocenters. The second-order valence-electron chi connectivity index (χ2n) is 2.98. The number of hydrogen-bond acceptors (Lipinski definition) is 2. The highest BCUT2D eigenvalue weighted by Gasteiger charge is 2.05. The van der Waals surface area contributed by atoms with Crippen LogP contribution in [0.1, 0.15) is 30.6 Å². The van der Waals surface area contributed by atoms with Crippen molar-refractivity contribution in [2.45, 2.75) is 26.3 Å². The lowest BCUT2D eigenvalue weighted by atomic mass is 10.1. The van der Waals surface area contributed by atoms with Crippen molar-refractivity contribution in [1.82, 2.24) is 10.3 Å². The molecule has 1 heterocycles. The largest absolute Gasteiger partial charge is 0.313 e. The van der Waals surface area contributed by atoms with E-state index < -0.39 is 0 Å². The standard InChI is InChI=1S/C10H16N2/c1-4-10(11-3)9-5-6-12-8(2)7-9/h5-7,10-11H,4H2,1-3H3. The fourth-order valence-corrected chi connectivity index (χ4v) is 1.39. The van der Waals surface area contributed by atoms with Gasteiger partial charge in [-0.2, -0.15) is 0 Å². The highest BCUT2D eigenvalue weighted by molar-refractivity contribution is 5.19. The summed E-state index contributed by atoms with van der Waals surface area (Å²) in [5, 5.41) is 3.27. The zero-order valence-electron chi connectivity index (χ0n) is 7.96. The van der Waals surface area contributed by atoms with E-state index in [0.29, 0.717) is 6.04 Å². The lowest BCUT2D eigenvalue weighted by molar-refractivity contribution is 0.576. The van der Waals surface area contributed by atoms with Gasteiger partial charge < -0.3 is 5.32 Å². The molecule has 0 aliphatic rings. The molecule has 0 aliphatic heterocycles. The first kappa shape index (κ1) is 9.20. The van der Waals surface area contributed by atoms with Gasteiger partial charge in [0.1, 0.15) is 0 Å². The van der Waals surface area contributed by atoms with Crippen LogP contribution in [0.3, 0.4) is 0 Å². The maximum atomic E-state index is 4.16. The van der Waals surface area contributed by atoms with Crippen LogP contribution >= 0.6 is 0 Å². The fourth-order valence-electron chi connectivity index (χ4n) is 1.39. The van der Waals surface area contributed by atoms with Crippen LogP contribution in [0.25, 0.3) is 0 Å². The van der Waals surface area contributed by atoms with E-state index in [1.54, 1.807) is 0 Å². The Hall–Kier alpha value is -0.890. The third kappa shape index (κ3) is 2.05. The second kappa shape index (κ2) is 4.21. The van der Waals surface area contributed by atoms with E-state index in [1.807, 2.05) is 20.2 Å². The van der Waals surface area contributed by atoms with Crippen LogP contribution in [-0.2, 0) is 0 Å². The summed E-state index contributed by atoms with van der Waals surface area (Å²) < 4.78 is 0. The van der Waals surface area contributed by atoms with E-state index in [1.165, 1.54) is 5.56 Å². The van der Waals surface area contributed by atoms with Gasteiger partial charge in [0.05, 0.1) is 0 Å². The average Bonchev–Trinajstić information content (AvgIpc) is 2.07. The lowest BCUT2D eigenvalue weighted by Crippen LogP contribution is -2.15. The predicted octanol–water partition coefficient (Wildman–Crippen LogP) is 2.06. The second-order valence-corrected chi connectivity index (χ2v) is 2.98. The van der Waals surface area contributed by atoms with Crippen LogP contribution in [0.5, 0.6) is 0 Å². The van der Waals surface area contributed by atoms with Gasteiger partial charge in [-0.05, 0) is 38.1 Å². The van der Waals surface area contributed by atoms with Crippen LogP contribution in [0.2, 0.25) is 0 Å². The first-order chi connectivity index (χ1) is 5.77. The van der Waals surface area contributed by atoms with Crippen molar-refractivity contribution in [2.75, 3.05) is 7.05 Å². The molecule has 1 aromatic rings. The molecule has 0 saturated heterocycles. The summed E-state index contributed by atoms with van der Waals surface area (Å²) in [4.78, 5) is 4.16. The number of nitrogens with one attached hydrogen (secondary N) is 1. The van der Waals surface area contributed by atoms with Crippen LogP contribution in [0.15, 0.2) is 18.3 Å². The van der Waals surface area contributed by atoms with Gasteiger partial charge >= 0.3 is 0 Å². The summed E-state index contributed by atoms with van der Waals surface area (Å²) in [6.07, 6.45) is 2.98. The van der Waals surface area contributed by atoms with Gasteiger partial charge in [-0.3, -0.25) is 4.98 Å². The van der Waals surface area contributed by atoms with Crippen molar-refractivity contribution in [3.63, 3.8) is 0 Å². The minimum absolute atomic E-state index is 0.465. The van der Waals surface area contributed by atoms with E-state index in [0.717, 1.165) is 12.1 Å². The molecule has 1 atom stereocenters. The van der Waals surface area contributed by atoms with E-state index in [9.17, 15) is 0 Å². The number of hydrogen-bond donors (Lipinski definition) is 1. The van der Waals surface area contributed by atoms with Crippen LogP contribution in [0.4, 0.5) is 0 Å². The molecule has 0 saturated carbocycles. The first-order valence-corrected chi connectivity index (χ1v) is 4.37. The van der Waals surface area contributed by atoms with Gasteiger partial charge in [0.25, 0.3) is 0 Å². The molecule has 0 radical (unpaired) electrons. The van der Waals surface area contributed by atoms with E-state index in [-0.39, 0.29) is 0 Å². The topological polar surface area (TPSA) is 24.9 Å². The van der Waals surface area contributed by atoms with Gasteiger partial charge in [-0.15, -0.1) is 0 Å². The van der Waals surface area contributed by atoms with Gasteiger partial charge in [0.15, 0.2) is 0 Å². The quantitative estimate of drug-likeness (QED) is 0.739. The van der Waals surface area contributed by atoms with Gasteiger partial charge in [0, 0.05) is 17.9 Å². The number of pyridine rings is 1. The van der Waals surface area contributed by atoms with E-state index in [4.69, 9.17) is 0 Å². The van der Waals surface area contributed by atoms with Crippen molar-refractivity contribution in [3.05, 3.63) is 29.6 Å². The molecular weight excluding hydrogens is 148 g/mol. The summed E-state index contributed by atoms with van der Waals surface area (Å²) >= 11 is 0. The maximum absolute atomic E-state index is 4.16. The van der Waals surface area contributed by atoms with Gasteiger partial charge in [-0.1, -0.05) is 6.92 Å². The normalized spacial score (nSPS) is 12.9. The SMILES string of the molecule is CCC(NC)c1ccnc(C)c1. The average molecular weight is 164 g/mol. The third-order valence-corrected chi connectivity index (χ3v) is 2.08. The highest BCUT2D eigenvalue weighted by Crippen LogP contribution is 2.15. The monoisotopic (exact) mass is 164 g/mol. The third-order valence-electron chi connectivity index (χ3n) is 2.08. The minimum atomic E-state index is 0.465. The number of rotatable bonds is 3. The zero-order chi connectivity index (χ0) is 8.97.